The molecule has 2 radical (unpaired) electrons. The lowest BCUT2D eigenvalue weighted by atomic mass is 10.5. The number of hydrazine groups is 1. The van der Waals surface area contributed by atoms with Crippen LogP contribution in [0.25, 0.3) is 0 Å². The number of hydrogen-bond acceptors (Lipinski definition) is 2. The average Bonchev–Trinajstić information content (AvgIpc) is 1.72. The molecule has 0 aromatic heterocycles. The topological polar surface area (TPSA) is 15.3 Å². The molecule has 0 saturated carbocycles. The molecule has 0 spiro atoms. The van der Waals surface area contributed by atoms with Crippen LogP contribution in [0.5, 0.6) is 0 Å². The van der Waals surface area contributed by atoms with Crippen LogP contribution in [0.2, 0.25) is 0 Å². The van der Waals surface area contributed by atoms with E-state index in [1.807, 2.05) is 18.9 Å². The third kappa shape index (κ3) is 2.65. The van der Waals surface area contributed by atoms with E-state index in [0.29, 0.717) is 0 Å². The van der Waals surface area contributed by atoms with Crippen molar-refractivity contribution in [1.82, 2.24) is 10.3 Å². The Bertz CT molecular complexity index is 31.2. The summed E-state index contributed by atoms with van der Waals surface area (Å²) in [5.41, 5.74) is 0. The molecule has 0 atom stereocenters. The number of rotatable bonds is 3. The second-order valence-corrected chi connectivity index (χ2v) is 1.30. The van der Waals surface area contributed by atoms with Gasteiger partial charge < -0.3 is 5.34 Å². The minimum Gasteiger partial charge on any atom is -0.308 e. The van der Waals surface area contributed by atoms with Crippen LogP contribution >= 0.6 is 0 Å². The van der Waals surface area contributed by atoms with Crippen molar-refractivity contribution in [2.24, 2.45) is 0 Å². The highest BCUT2D eigenvalue weighted by Crippen LogP contribution is 1.73. The zero-order valence-corrected chi connectivity index (χ0v) is 4.94. The van der Waals surface area contributed by atoms with Crippen LogP contribution in [0, 0.1) is 0 Å². The maximum Gasteiger partial charge on any atom is 0.202 e. The van der Waals surface area contributed by atoms with E-state index < -0.39 is 0 Å². The lowest BCUT2D eigenvalue weighted by Crippen LogP contribution is -2.35. The molecule has 0 unspecified atom stereocenters. The zero-order chi connectivity index (χ0) is 5.70. The highest BCUT2D eigenvalue weighted by molar-refractivity contribution is 6.03. The van der Waals surface area contributed by atoms with Crippen molar-refractivity contribution in [3.8, 4) is 0 Å². The minimum atomic E-state index is 0.951. The Kier molecular flexibility index (Phi) is 4.14. The molecule has 0 aliphatic carbocycles. The van der Waals surface area contributed by atoms with E-state index in [-0.39, 0.29) is 0 Å². The van der Waals surface area contributed by atoms with E-state index in [1.165, 1.54) is 0 Å². The fourth-order valence-corrected chi connectivity index (χ4v) is 0.406. The SMILES string of the molecule is [B]NN(CC)CC. The maximum atomic E-state index is 5.07. The van der Waals surface area contributed by atoms with Crippen molar-refractivity contribution < 1.29 is 0 Å². The first-order chi connectivity index (χ1) is 3.35. The molecule has 0 heterocycles. The first kappa shape index (κ1) is 6.98. The summed E-state index contributed by atoms with van der Waals surface area (Å²) in [7, 11) is 5.07. The van der Waals surface area contributed by atoms with E-state index in [1.54, 1.807) is 0 Å². The normalized spacial score (nSPS) is 10.1. The average molecular weight is 98.0 g/mol. The Hall–Kier alpha value is -0.0151. The first-order valence-electron chi connectivity index (χ1n) is 2.56. The molecular formula is C4H11BN2. The Morgan fingerprint density at radius 1 is 1.43 bits per heavy atom. The van der Waals surface area contributed by atoms with Gasteiger partial charge in [0.1, 0.15) is 0 Å². The first-order valence-corrected chi connectivity index (χ1v) is 2.56. The summed E-state index contributed by atoms with van der Waals surface area (Å²) >= 11 is 0. The van der Waals surface area contributed by atoms with Gasteiger partial charge >= 0.3 is 0 Å². The van der Waals surface area contributed by atoms with Gasteiger partial charge in [0.05, 0.1) is 0 Å². The standard InChI is InChI=1S/C4H11BN2/c1-3-7(4-2)6-5/h6H,3-4H2,1-2H3. The number of nitrogens with zero attached hydrogens (tertiary/aromatic N) is 1. The molecule has 0 bridgehead atoms. The van der Waals surface area contributed by atoms with Crippen molar-refractivity contribution in [2.45, 2.75) is 13.8 Å². The van der Waals surface area contributed by atoms with E-state index >= 15 is 0 Å². The van der Waals surface area contributed by atoms with Gasteiger partial charge in [0.25, 0.3) is 0 Å². The molecule has 40 valence electrons. The van der Waals surface area contributed by atoms with Crippen molar-refractivity contribution in [3.63, 3.8) is 0 Å². The van der Waals surface area contributed by atoms with Crippen molar-refractivity contribution in [1.29, 1.82) is 0 Å². The second kappa shape index (κ2) is 4.15. The van der Waals surface area contributed by atoms with Gasteiger partial charge in [0, 0.05) is 13.1 Å². The van der Waals surface area contributed by atoms with Crippen molar-refractivity contribution in [3.05, 3.63) is 0 Å². The Morgan fingerprint density at radius 3 is 1.86 bits per heavy atom. The third-order valence-corrected chi connectivity index (χ3v) is 0.946. The molecule has 0 aromatic rings. The van der Waals surface area contributed by atoms with Crippen molar-refractivity contribution in [2.75, 3.05) is 13.1 Å². The third-order valence-electron chi connectivity index (χ3n) is 0.946. The van der Waals surface area contributed by atoms with Crippen LogP contribution < -0.4 is 5.34 Å². The highest BCUT2D eigenvalue weighted by atomic mass is 15.5. The van der Waals surface area contributed by atoms with Crippen LogP contribution in [0.3, 0.4) is 0 Å². The molecule has 3 heteroatoms. The van der Waals surface area contributed by atoms with E-state index in [4.69, 9.17) is 7.98 Å². The Labute approximate surface area is 46.3 Å². The summed E-state index contributed by atoms with van der Waals surface area (Å²) in [6, 6.07) is 0. The molecule has 0 aromatic carbocycles. The molecule has 2 nitrogen and oxygen atoms in total. The monoisotopic (exact) mass is 98.1 g/mol. The Morgan fingerprint density at radius 2 is 1.86 bits per heavy atom. The predicted molar refractivity (Wildman–Crippen MR) is 31.8 cm³/mol. The molecule has 0 fully saturated rings. The summed E-state index contributed by atoms with van der Waals surface area (Å²) in [4.78, 5) is 0. The molecule has 0 saturated heterocycles. The second-order valence-electron chi connectivity index (χ2n) is 1.30. The van der Waals surface area contributed by atoms with E-state index in [0.717, 1.165) is 13.1 Å². The van der Waals surface area contributed by atoms with Crippen LogP contribution in [-0.2, 0) is 0 Å². The molecule has 0 aliphatic rings. The molecule has 1 N–H and O–H groups in total. The lowest BCUT2D eigenvalue weighted by molar-refractivity contribution is 0.274. The summed E-state index contributed by atoms with van der Waals surface area (Å²) < 4.78 is 0. The van der Waals surface area contributed by atoms with Gasteiger partial charge in [-0.25, -0.2) is 0 Å². The van der Waals surface area contributed by atoms with Crippen LogP contribution in [0.4, 0.5) is 0 Å². The number of hydrogen-bond donors (Lipinski definition) is 1. The quantitative estimate of drug-likeness (QED) is 0.392. The van der Waals surface area contributed by atoms with Gasteiger partial charge in [0.2, 0.25) is 7.98 Å². The molecule has 0 rings (SSSR count). The van der Waals surface area contributed by atoms with Gasteiger partial charge in [-0.3, -0.25) is 5.01 Å². The molecule has 0 aliphatic heterocycles. The summed E-state index contributed by atoms with van der Waals surface area (Å²) in [6.45, 7) is 5.99. The minimum absolute atomic E-state index is 0.951. The maximum absolute atomic E-state index is 5.07. The van der Waals surface area contributed by atoms with E-state index in [2.05, 4.69) is 5.34 Å². The van der Waals surface area contributed by atoms with Gasteiger partial charge in [-0.2, -0.15) is 0 Å². The van der Waals surface area contributed by atoms with Crippen LogP contribution in [0.1, 0.15) is 13.8 Å². The molecular weight excluding hydrogens is 86.9 g/mol. The summed E-state index contributed by atoms with van der Waals surface area (Å²) in [6.07, 6.45) is 0. The van der Waals surface area contributed by atoms with Crippen LogP contribution in [-0.4, -0.2) is 26.1 Å². The van der Waals surface area contributed by atoms with Crippen LogP contribution in [0.15, 0.2) is 0 Å². The number of nitrogens with one attached hydrogen (secondary N) is 1. The van der Waals surface area contributed by atoms with Gasteiger partial charge in [-0.1, -0.05) is 13.8 Å². The summed E-state index contributed by atoms with van der Waals surface area (Å²) in [5, 5.41) is 4.44. The summed E-state index contributed by atoms with van der Waals surface area (Å²) in [5.74, 6) is 0. The van der Waals surface area contributed by atoms with Crippen molar-refractivity contribution >= 4 is 7.98 Å². The van der Waals surface area contributed by atoms with Gasteiger partial charge in [0.15, 0.2) is 0 Å². The fraction of sp³-hybridized carbons (Fsp3) is 1.00. The Balaban J connectivity index is 2.99. The molecule has 0 amide bonds. The predicted octanol–water partition coefficient (Wildman–Crippen LogP) is -0.0837. The zero-order valence-electron chi connectivity index (χ0n) is 4.94. The smallest absolute Gasteiger partial charge is 0.202 e. The largest absolute Gasteiger partial charge is 0.308 e. The fourth-order valence-electron chi connectivity index (χ4n) is 0.406. The van der Waals surface area contributed by atoms with Gasteiger partial charge in [-0.15, -0.1) is 0 Å². The van der Waals surface area contributed by atoms with Gasteiger partial charge in [-0.05, 0) is 0 Å². The lowest BCUT2D eigenvalue weighted by Gasteiger charge is -2.15. The van der Waals surface area contributed by atoms with E-state index in [9.17, 15) is 0 Å². The highest BCUT2D eigenvalue weighted by Gasteiger charge is 1.87. The molecule has 7 heavy (non-hydrogen) atoms.